The van der Waals surface area contributed by atoms with Crippen molar-refractivity contribution >= 4 is 0 Å². The molecule has 18 heavy (non-hydrogen) atoms. The van der Waals surface area contributed by atoms with Crippen molar-refractivity contribution < 1.29 is 4.74 Å². The largest absolute Gasteiger partial charge is 0.373 e. The molecule has 1 saturated carbocycles. The van der Waals surface area contributed by atoms with Gasteiger partial charge in [0.25, 0.3) is 0 Å². The smallest absolute Gasteiger partial charge is 0.0868 e. The number of hydrogen-bond donors (Lipinski definition) is 1. The Balaban J connectivity index is 1.71. The van der Waals surface area contributed by atoms with E-state index in [1.165, 1.54) is 30.4 Å². The van der Waals surface area contributed by atoms with E-state index in [-0.39, 0.29) is 0 Å². The summed E-state index contributed by atoms with van der Waals surface area (Å²) in [5.74, 6) is 0.651. The molecule has 2 atom stereocenters. The van der Waals surface area contributed by atoms with E-state index in [1.54, 1.807) is 0 Å². The van der Waals surface area contributed by atoms with E-state index in [9.17, 15) is 0 Å². The van der Waals surface area contributed by atoms with Gasteiger partial charge in [0, 0.05) is 25.1 Å². The Labute approximate surface area is 110 Å². The molecule has 1 aliphatic carbocycles. The predicted octanol–water partition coefficient (Wildman–Crippen LogP) is 3.08. The first-order chi connectivity index (χ1) is 8.88. The van der Waals surface area contributed by atoms with Gasteiger partial charge in [0.1, 0.15) is 0 Å². The first-order valence-electron chi connectivity index (χ1n) is 7.31. The van der Waals surface area contributed by atoms with E-state index < -0.39 is 0 Å². The summed E-state index contributed by atoms with van der Waals surface area (Å²) >= 11 is 0. The molecule has 2 fully saturated rings. The van der Waals surface area contributed by atoms with Crippen LogP contribution in [0.2, 0.25) is 0 Å². The molecule has 1 heterocycles. The van der Waals surface area contributed by atoms with E-state index in [4.69, 9.17) is 4.74 Å². The number of ether oxygens (including phenoxy) is 1. The lowest BCUT2D eigenvalue weighted by Gasteiger charge is -2.21. The molecule has 3 rings (SSSR count). The highest BCUT2D eigenvalue weighted by Crippen LogP contribution is 2.36. The van der Waals surface area contributed by atoms with Crippen LogP contribution in [0.3, 0.4) is 0 Å². The first-order valence-corrected chi connectivity index (χ1v) is 7.31. The van der Waals surface area contributed by atoms with Crippen molar-refractivity contribution in [2.24, 2.45) is 5.92 Å². The summed E-state index contributed by atoms with van der Waals surface area (Å²) in [4.78, 5) is 0. The highest BCUT2D eigenvalue weighted by Gasteiger charge is 2.32. The molecule has 1 aromatic rings. The summed E-state index contributed by atoms with van der Waals surface area (Å²) in [6.07, 6.45) is 5.34. The fourth-order valence-electron chi connectivity index (χ4n) is 2.93. The van der Waals surface area contributed by atoms with Crippen LogP contribution in [-0.4, -0.2) is 19.2 Å². The second-order valence-electron chi connectivity index (χ2n) is 5.58. The topological polar surface area (TPSA) is 21.3 Å². The van der Waals surface area contributed by atoms with Gasteiger partial charge in [-0.05, 0) is 36.8 Å². The summed E-state index contributed by atoms with van der Waals surface area (Å²) < 4.78 is 6.01. The molecule has 0 aromatic heterocycles. The van der Waals surface area contributed by atoms with Crippen molar-refractivity contribution in [2.75, 3.05) is 13.2 Å². The van der Waals surface area contributed by atoms with Gasteiger partial charge in [0.15, 0.2) is 0 Å². The number of aryl methyl sites for hydroxylation is 1. The van der Waals surface area contributed by atoms with Gasteiger partial charge in [-0.1, -0.05) is 31.2 Å². The normalized spacial score (nSPS) is 27.6. The van der Waals surface area contributed by atoms with Crippen molar-refractivity contribution in [1.82, 2.24) is 5.32 Å². The maximum atomic E-state index is 6.01. The molecule has 0 bridgehead atoms. The Kier molecular flexibility index (Phi) is 3.67. The molecule has 1 aliphatic heterocycles. The SMILES string of the molecule is CCc1ccccc1C1OCCC1CNC1CC1. The lowest BCUT2D eigenvalue weighted by Crippen LogP contribution is -2.26. The third-order valence-corrected chi connectivity index (χ3v) is 4.20. The summed E-state index contributed by atoms with van der Waals surface area (Å²) in [5.41, 5.74) is 2.86. The van der Waals surface area contributed by atoms with Gasteiger partial charge >= 0.3 is 0 Å². The number of benzene rings is 1. The molecular formula is C16H23NO. The van der Waals surface area contributed by atoms with E-state index in [0.29, 0.717) is 12.0 Å². The zero-order valence-corrected chi connectivity index (χ0v) is 11.2. The van der Waals surface area contributed by atoms with Crippen LogP contribution in [0.5, 0.6) is 0 Å². The minimum atomic E-state index is 0.312. The highest BCUT2D eigenvalue weighted by atomic mass is 16.5. The lowest BCUT2D eigenvalue weighted by atomic mass is 9.91. The maximum Gasteiger partial charge on any atom is 0.0868 e. The fourth-order valence-corrected chi connectivity index (χ4v) is 2.93. The average Bonchev–Trinajstić information content (AvgIpc) is 3.13. The molecular weight excluding hydrogens is 222 g/mol. The molecule has 0 radical (unpaired) electrons. The Morgan fingerprint density at radius 2 is 2.06 bits per heavy atom. The average molecular weight is 245 g/mol. The standard InChI is InChI=1S/C16H23NO/c1-2-12-5-3-4-6-15(12)16-13(9-10-18-16)11-17-14-7-8-14/h3-6,13-14,16-17H,2,7-11H2,1H3. The van der Waals surface area contributed by atoms with Crippen molar-refractivity contribution in [3.8, 4) is 0 Å². The number of nitrogens with one attached hydrogen (secondary N) is 1. The van der Waals surface area contributed by atoms with Gasteiger partial charge in [-0.15, -0.1) is 0 Å². The fraction of sp³-hybridized carbons (Fsp3) is 0.625. The van der Waals surface area contributed by atoms with Crippen LogP contribution in [0.1, 0.15) is 43.4 Å². The summed E-state index contributed by atoms with van der Waals surface area (Å²) in [7, 11) is 0. The van der Waals surface area contributed by atoms with Gasteiger partial charge in [-0.25, -0.2) is 0 Å². The van der Waals surface area contributed by atoms with Gasteiger partial charge in [-0.2, -0.15) is 0 Å². The minimum Gasteiger partial charge on any atom is -0.373 e. The highest BCUT2D eigenvalue weighted by molar-refractivity contribution is 5.30. The van der Waals surface area contributed by atoms with E-state index >= 15 is 0 Å². The quantitative estimate of drug-likeness (QED) is 0.860. The van der Waals surface area contributed by atoms with Gasteiger partial charge in [0.05, 0.1) is 6.10 Å². The van der Waals surface area contributed by atoms with Gasteiger partial charge in [-0.3, -0.25) is 0 Å². The van der Waals surface area contributed by atoms with Gasteiger partial charge in [0.2, 0.25) is 0 Å². The molecule has 0 amide bonds. The van der Waals surface area contributed by atoms with Crippen LogP contribution in [0, 0.1) is 5.92 Å². The minimum absolute atomic E-state index is 0.312. The third-order valence-electron chi connectivity index (χ3n) is 4.20. The summed E-state index contributed by atoms with van der Waals surface area (Å²) in [6.45, 7) is 4.26. The van der Waals surface area contributed by atoms with E-state index in [2.05, 4.69) is 36.5 Å². The maximum absolute atomic E-state index is 6.01. The van der Waals surface area contributed by atoms with Gasteiger partial charge < -0.3 is 10.1 Å². The molecule has 2 heteroatoms. The van der Waals surface area contributed by atoms with Crippen molar-refractivity contribution in [1.29, 1.82) is 0 Å². The number of hydrogen-bond acceptors (Lipinski definition) is 2. The Morgan fingerprint density at radius 3 is 2.83 bits per heavy atom. The molecule has 0 spiro atoms. The van der Waals surface area contributed by atoms with Crippen molar-refractivity contribution in [2.45, 2.75) is 44.8 Å². The van der Waals surface area contributed by atoms with Crippen LogP contribution in [0.4, 0.5) is 0 Å². The molecule has 1 saturated heterocycles. The molecule has 2 unspecified atom stereocenters. The molecule has 2 aliphatic rings. The third kappa shape index (κ3) is 2.60. The van der Waals surface area contributed by atoms with Crippen molar-refractivity contribution in [3.63, 3.8) is 0 Å². The first kappa shape index (κ1) is 12.2. The predicted molar refractivity (Wildman–Crippen MR) is 73.6 cm³/mol. The second-order valence-corrected chi connectivity index (χ2v) is 5.58. The van der Waals surface area contributed by atoms with Crippen LogP contribution >= 0.6 is 0 Å². The summed E-state index contributed by atoms with van der Waals surface area (Å²) in [6, 6.07) is 9.56. The Hall–Kier alpha value is -0.860. The lowest BCUT2D eigenvalue weighted by molar-refractivity contribution is 0.0897. The van der Waals surface area contributed by atoms with Crippen molar-refractivity contribution in [3.05, 3.63) is 35.4 Å². The molecule has 1 aromatic carbocycles. The van der Waals surface area contributed by atoms with Crippen LogP contribution in [-0.2, 0) is 11.2 Å². The second kappa shape index (κ2) is 5.41. The monoisotopic (exact) mass is 245 g/mol. The Morgan fingerprint density at radius 1 is 1.22 bits per heavy atom. The molecule has 98 valence electrons. The molecule has 2 nitrogen and oxygen atoms in total. The molecule has 1 N–H and O–H groups in total. The van der Waals surface area contributed by atoms with Crippen LogP contribution in [0.15, 0.2) is 24.3 Å². The number of rotatable bonds is 5. The summed E-state index contributed by atoms with van der Waals surface area (Å²) in [5, 5.41) is 3.66. The van der Waals surface area contributed by atoms with E-state index in [0.717, 1.165) is 25.6 Å². The zero-order chi connectivity index (χ0) is 12.4. The van der Waals surface area contributed by atoms with E-state index in [1.807, 2.05) is 0 Å². The van der Waals surface area contributed by atoms with Crippen LogP contribution in [0.25, 0.3) is 0 Å². The van der Waals surface area contributed by atoms with Crippen LogP contribution < -0.4 is 5.32 Å². The Bertz CT molecular complexity index is 400. The zero-order valence-electron chi connectivity index (χ0n) is 11.2.